The number of aliphatic hydroxyl groups excluding tert-OH is 2. The monoisotopic (exact) mass is 444 g/mol. The lowest BCUT2D eigenvalue weighted by Gasteiger charge is -2.73. The van der Waals surface area contributed by atoms with Gasteiger partial charge in [-0.1, -0.05) is 55.4 Å². The van der Waals surface area contributed by atoms with Crippen LogP contribution in [0.4, 0.5) is 0 Å². The van der Waals surface area contributed by atoms with Gasteiger partial charge in [0.1, 0.15) is 0 Å². The molecule has 184 valence electrons. The van der Waals surface area contributed by atoms with Crippen molar-refractivity contribution in [3.8, 4) is 0 Å². The highest BCUT2D eigenvalue weighted by Crippen LogP contribution is 2.77. The molecule has 0 saturated heterocycles. The summed E-state index contributed by atoms with van der Waals surface area (Å²) < 4.78 is 0. The van der Waals surface area contributed by atoms with Crippen molar-refractivity contribution in [2.24, 2.45) is 62.6 Å². The first-order valence-electron chi connectivity index (χ1n) is 14.1. The molecule has 0 spiro atoms. The van der Waals surface area contributed by atoms with Gasteiger partial charge in [-0.05, 0) is 115 Å². The van der Waals surface area contributed by atoms with Crippen LogP contribution in [0.5, 0.6) is 0 Å². The van der Waals surface area contributed by atoms with E-state index in [4.69, 9.17) is 0 Å². The maximum Gasteiger partial charge on any atom is 0.0858 e. The molecule has 0 aromatic heterocycles. The predicted octanol–water partition coefficient (Wildman–Crippen LogP) is 7.08. The summed E-state index contributed by atoms with van der Waals surface area (Å²) in [5.41, 5.74) is 1.10. The fraction of sp³-hybridized carbons (Fsp3) is 1.00. The Bertz CT molecular complexity index is 758. The third kappa shape index (κ3) is 2.72. The zero-order valence-corrected chi connectivity index (χ0v) is 22.4. The first kappa shape index (κ1) is 23.7. The van der Waals surface area contributed by atoms with Crippen molar-refractivity contribution in [3.05, 3.63) is 0 Å². The summed E-state index contributed by atoms with van der Waals surface area (Å²) in [4.78, 5) is 0. The fourth-order valence-corrected chi connectivity index (χ4v) is 11.9. The van der Waals surface area contributed by atoms with Crippen molar-refractivity contribution in [3.63, 3.8) is 0 Å². The molecule has 0 aliphatic heterocycles. The van der Waals surface area contributed by atoms with E-state index in [-0.39, 0.29) is 16.2 Å². The Kier molecular flexibility index (Phi) is 5.17. The van der Waals surface area contributed by atoms with Crippen molar-refractivity contribution in [1.82, 2.24) is 0 Å². The second-order valence-electron chi connectivity index (χ2n) is 15.4. The summed E-state index contributed by atoms with van der Waals surface area (Å²) in [5, 5.41) is 22.5. The summed E-state index contributed by atoms with van der Waals surface area (Å²) in [6.07, 6.45) is 10.4. The van der Waals surface area contributed by atoms with Crippen LogP contribution < -0.4 is 0 Å². The third-order valence-corrected chi connectivity index (χ3v) is 13.6. The number of hydrogen-bond acceptors (Lipinski definition) is 2. The number of hydrogen-bond donors (Lipinski definition) is 2. The second kappa shape index (κ2) is 6.99. The molecule has 5 aliphatic carbocycles. The summed E-state index contributed by atoms with van der Waals surface area (Å²) in [5.74, 6) is 4.41. The van der Waals surface area contributed by atoms with Crippen LogP contribution in [0, 0.1) is 62.6 Å². The van der Waals surface area contributed by atoms with Crippen LogP contribution in [-0.4, -0.2) is 22.4 Å². The molecule has 5 fully saturated rings. The Morgan fingerprint density at radius 3 is 2.06 bits per heavy atom. The van der Waals surface area contributed by atoms with E-state index >= 15 is 0 Å². The summed E-state index contributed by atoms with van der Waals surface area (Å²) in [7, 11) is 0. The van der Waals surface area contributed by atoms with Gasteiger partial charge in [-0.3, -0.25) is 0 Å². The molecule has 5 aliphatic rings. The molecule has 5 saturated carbocycles. The average Bonchev–Trinajstić information content (AvgIpc) is 3.04. The number of aliphatic hydroxyl groups is 2. The van der Waals surface area contributed by atoms with Crippen molar-refractivity contribution in [1.29, 1.82) is 0 Å². The molecule has 0 heterocycles. The van der Waals surface area contributed by atoms with Gasteiger partial charge in [0.15, 0.2) is 0 Å². The molecule has 2 nitrogen and oxygen atoms in total. The molecule has 0 unspecified atom stereocenters. The van der Waals surface area contributed by atoms with Crippen LogP contribution in [0.25, 0.3) is 0 Å². The van der Waals surface area contributed by atoms with E-state index in [2.05, 4.69) is 55.4 Å². The van der Waals surface area contributed by atoms with Crippen LogP contribution >= 0.6 is 0 Å². The molecule has 0 amide bonds. The SMILES string of the molecule is CC(C)[C@@H]1CC[C@]2(C)CC[C@]3(C)[C@H](CC[C@@H]4[C@@]5(C)[C@@H](O)[C@@H](O)CC(C)(C)[C@@H]5CC[C@@]43C)[C@@H]12. The number of fused-ring (bicyclic) bond motifs is 7. The van der Waals surface area contributed by atoms with Gasteiger partial charge in [0.05, 0.1) is 12.2 Å². The van der Waals surface area contributed by atoms with Crippen LogP contribution in [-0.2, 0) is 0 Å². The first-order valence-corrected chi connectivity index (χ1v) is 14.1. The van der Waals surface area contributed by atoms with Gasteiger partial charge in [0, 0.05) is 5.41 Å². The minimum atomic E-state index is -0.575. The lowest BCUT2D eigenvalue weighted by molar-refractivity contribution is -0.276. The van der Waals surface area contributed by atoms with Gasteiger partial charge in [-0.2, -0.15) is 0 Å². The zero-order valence-electron chi connectivity index (χ0n) is 22.4. The minimum absolute atomic E-state index is 0.103. The quantitative estimate of drug-likeness (QED) is 0.454. The number of rotatable bonds is 1. The Morgan fingerprint density at radius 2 is 1.41 bits per heavy atom. The van der Waals surface area contributed by atoms with E-state index in [1.165, 1.54) is 51.4 Å². The zero-order chi connectivity index (χ0) is 23.5. The molecule has 0 aromatic carbocycles. The maximum atomic E-state index is 11.6. The van der Waals surface area contributed by atoms with Crippen molar-refractivity contribution in [2.75, 3.05) is 0 Å². The minimum Gasteiger partial charge on any atom is -0.390 e. The highest BCUT2D eigenvalue weighted by atomic mass is 16.3. The highest BCUT2D eigenvalue weighted by Gasteiger charge is 2.71. The molecular formula is C30H52O2. The van der Waals surface area contributed by atoms with Crippen LogP contribution in [0.15, 0.2) is 0 Å². The van der Waals surface area contributed by atoms with Gasteiger partial charge in [-0.25, -0.2) is 0 Å². The van der Waals surface area contributed by atoms with Gasteiger partial charge < -0.3 is 10.2 Å². The lowest BCUT2D eigenvalue weighted by atomic mass is 9.32. The summed E-state index contributed by atoms with van der Waals surface area (Å²) >= 11 is 0. The van der Waals surface area contributed by atoms with E-state index in [0.717, 1.165) is 30.1 Å². The Morgan fingerprint density at radius 1 is 0.719 bits per heavy atom. The van der Waals surface area contributed by atoms with Crippen molar-refractivity contribution >= 4 is 0 Å². The highest BCUT2D eigenvalue weighted by molar-refractivity contribution is 5.20. The topological polar surface area (TPSA) is 40.5 Å². The van der Waals surface area contributed by atoms with Crippen LogP contribution in [0.3, 0.4) is 0 Å². The predicted molar refractivity (Wildman–Crippen MR) is 132 cm³/mol. The Balaban J connectivity index is 1.57. The molecule has 0 aromatic rings. The standard InChI is InChI=1S/C30H52O2/c1-18(2)19-11-13-27(5)15-16-28(6)20(24(19)27)9-10-23-29(28,7)14-12-22-26(3,4)17-21(31)25(32)30(22,23)8/h18-25,31-32H,9-17H2,1-8H3/t19-,20+,21-,22-,23-,24+,25-,27+,28+,29-,30-/m0/s1. The van der Waals surface area contributed by atoms with E-state index in [1.807, 2.05) is 0 Å². The lowest BCUT2D eigenvalue weighted by Crippen LogP contribution is -2.69. The van der Waals surface area contributed by atoms with E-state index < -0.39 is 12.2 Å². The van der Waals surface area contributed by atoms with E-state index in [9.17, 15) is 10.2 Å². The van der Waals surface area contributed by atoms with E-state index in [0.29, 0.717) is 22.7 Å². The van der Waals surface area contributed by atoms with Crippen molar-refractivity contribution < 1.29 is 10.2 Å². The second-order valence-corrected chi connectivity index (χ2v) is 15.4. The van der Waals surface area contributed by atoms with Gasteiger partial charge in [0.25, 0.3) is 0 Å². The van der Waals surface area contributed by atoms with Gasteiger partial charge in [0.2, 0.25) is 0 Å². The molecule has 2 heteroatoms. The molecule has 0 radical (unpaired) electrons. The van der Waals surface area contributed by atoms with Gasteiger partial charge >= 0.3 is 0 Å². The van der Waals surface area contributed by atoms with Gasteiger partial charge in [-0.15, -0.1) is 0 Å². The molecule has 32 heavy (non-hydrogen) atoms. The maximum absolute atomic E-state index is 11.6. The molecule has 11 atom stereocenters. The summed E-state index contributed by atoms with van der Waals surface area (Å²) in [6.45, 7) is 20.0. The summed E-state index contributed by atoms with van der Waals surface area (Å²) in [6, 6.07) is 0. The Labute approximate surface area is 198 Å². The van der Waals surface area contributed by atoms with Crippen LogP contribution in [0.2, 0.25) is 0 Å². The first-order chi connectivity index (χ1) is 14.7. The normalized spacial score (nSPS) is 59.2. The molecular weight excluding hydrogens is 392 g/mol. The average molecular weight is 445 g/mol. The van der Waals surface area contributed by atoms with Crippen LogP contribution in [0.1, 0.15) is 113 Å². The van der Waals surface area contributed by atoms with Crippen molar-refractivity contribution in [2.45, 2.75) is 125 Å². The third-order valence-electron chi connectivity index (χ3n) is 13.6. The smallest absolute Gasteiger partial charge is 0.0858 e. The fourth-order valence-electron chi connectivity index (χ4n) is 11.9. The largest absolute Gasteiger partial charge is 0.390 e. The Hall–Kier alpha value is -0.0800. The van der Waals surface area contributed by atoms with E-state index in [1.54, 1.807) is 0 Å². The molecule has 0 bridgehead atoms. The molecule has 5 rings (SSSR count). The molecule has 2 N–H and O–H groups in total.